The minimum Gasteiger partial charge on any atom is -0.271 e. The second-order valence-corrected chi connectivity index (χ2v) is 6.00. The standard InChI is InChI=1S/C14H17N3S/c15-17-14(13-4-2-8-18-13)11-6-5-10-3-1-7-16-12(10)9-11/h1,3,5-7,9,13-14,17H,2,4,8,15H2. The van der Waals surface area contributed by atoms with Crippen molar-refractivity contribution >= 4 is 22.7 Å². The van der Waals surface area contributed by atoms with Gasteiger partial charge in [0.2, 0.25) is 0 Å². The van der Waals surface area contributed by atoms with Gasteiger partial charge in [-0.1, -0.05) is 18.2 Å². The molecule has 18 heavy (non-hydrogen) atoms. The summed E-state index contributed by atoms with van der Waals surface area (Å²) in [7, 11) is 0. The van der Waals surface area contributed by atoms with Crippen molar-refractivity contribution < 1.29 is 0 Å². The van der Waals surface area contributed by atoms with Gasteiger partial charge < -0.3 is 0 Å². The van der Waals surface area contributed by atoms with E-state index in [1.54, 1.807) is 0 Å². The zero-order valence-corrected chi connectivity index (χ0v) is 11.0. The van der Waals surface area contributed by atoms with Crippen molar-refractivity contribution in [3.05, 3.63) is 42.1 Å². The lowest BCUT2D eigenvalue weighted by Crippen LogP contribution is -2.34. The predicted octanol–water partition coefficient (Wildman–Crippen LogP) is 2.63. The number of pyridine rings is 1. The Morgan fingerprint density at radius 2 is 2.33 bits per heavy atom. The van der Waals surface area contributed by atoms with Crippen molar-refractivity contribution in [3.63, 3.8) is 0 Å². The lowest BCUT2D eigenvalue weighted by Gasteiger charge is -2.22. The van der Waals surface area contributed by atoms with Gasteiger partial charge in [0.25, 0.3) is 0 Å². The zero-order chi connectivity index (χ0) is 12.4. The van der Waals surface area contributed by atoms with Gasteiger partial charge in [-0.3, -0.25) is 16.3 Å². The Bertz CT molecular complexity index is 537. The molecular formula is C14H17N3S. The number of hydrazine groups is 1. The number of hydrogen-bond donors (Lipinski definition) is 2. The molecule has 1 aromatic carbocycles. The summed E-state index contributed by atoms with van der Waals surface area (Å²) in [6, 6.07) is 10.7. The summed E-state index contributed by atoms with van der Waals surface area (Å²) < 4.78 is 0. The van der Waals surface area contributed by atoms with E-state index in [1.165, 1.54) is 29.5 Å². The van der Waals surface area contributed by atoms with Crippen molar-refractivity contribution in [1.82, 2.24) is 10.4 Å². The van der Waals surface area contributed by atoms with E-state index in [0.717, 1.165) is 5.52 Å². The van der Waals surface area contributed by atoms with E-state index in [4.69, 9.17) is 5.84 Å². The van der Waals surface area contributed by atoms with Gasteiger partial charge in [0.1, 0.15) is 0 Å². The SMILES string of the molecule is NNC(c1ccc2cccnc2c1)C1CCCS1. The molecule has 94 valence electrons. The highest BCUT2D eigenvalue weighted by atomic mass is 32.2. The zero-order valence-electron chi connectivity index (χ0n) is 10.2. The van der Waals surface area contributed by atoms with Crippen molar-refractivity contribution in [1.29, 1.82) is 0 Å². The van der Waals surface area contributed by atoms with Gasteiger partial charge in [-0.15, -0.1) is 0 Å². The molecule has 0 saturated carbocycles. The van der Waals surface area contributed by atoms with E-state index in [-0.39, 0.29) is 6.04 Å². The van der Waals surface area contributed by atoms with Crippen LogP contribution in [0.4, 0.5) is 0 Å². The van der Waals surface area contributed by atoms with E-state index >= 15 is 0 Å². The first-order chi connectivity index (χ1) is 8.88. The van der Waals surface area contributed by atoms with Crippen LogP contribution in [0.5, 0.6) is 0 Å². The summed E-state index contributed by atoms with van der Waals surface area (Å²) >= 11 is 2.01. The summed E-state index contributed by atoms with van der Waals surface area (Å²) in [5, 5.41) is 1.76. The van der Waals surface area contributed by atoms with E-state index in [1.807, 2.05) is 24.0 Å². The molecule has 3 nitrogen and oxygen atoms in total. The Kier molecular flexibility index (Phi) is 3.50. The molecule has 0 amide bonds. The van der Waals surface area contributed by atoms with Gasteiger partial charge in [-0.05, 0) is 36.3 Å². The second kappa shape index (κ2) is 5.26. The second-order valence-electron chi connectivity index (χ2n) is 4.65. The molecule has 1 aliphatic heterocycles. The number of hydrogen-bond acceptors (Lipinski definition) is 4. The average molecular weight is 259 g/mol. The summed E-state index contributed by atoms with van der Waals surface area (Å²) in [6.07, 6.45) is 4.36. The molecule has 2 heterocycles. The number of nitrogens with one attached hydrogen (secondary N) is 1. The monoisotopic (exact) mass is 259 g/mol. The highest BCUT2D eigenvalue weighted by Crippen LogP contribution is 2.36. The molecular weight excluding hydrogens is 242 g/mol. The van der Waals surface area contributed by atoms with Crippen LogP contribution in [0.3, 0.4) is 0 Å². The quantitative estimate of drug-likeness (QED) is 0.657. The van der Waals surface area contributed by atoms with Crippen molar-refractivity contribution in [2.75, 3.05) is 5.75 Å². The van der Waals surface area contributed by atoms with Gasteiger partial charge >= 0.3 is 0 Å². The van der Waals surface area contributed by atoms with Crippen LogP contribution in [0, 0.1) is 0 Å². The molecule has 1 saturated heterocycles. The minimum atomic E-state index is 0.226. The van der Waals surface area contributed by atoms with E-state index in [2.05, 4.69) is 34.7 Å². The lowest BCUT2D eigenvalue weighted by molar-refractivity contribution is 0.520. The highest BCUT2D eigenvalue weighted by molar-refractivity contribution is 8.00. The smallest absolute Gasteiger partial charge is 0.0705 e. The van der Waals surface area contributed by atoms with Crippen molar-refractivity contribution in [3.8, 4) is 0 Å². The van der Waals surface area contributed by atoms with Crippen LogP contribution in [-0.2, 0) is 0 Å². The number of nitrogens with zero attached hydrogens (tertiary/aromatic N) is 1. The fraction of sp³-hybridized carbons (Fsp3) is 0.357. The normalized spacial score (nSPS) is 21.3. The maximum Gasteiger partial charge on any atom is 0.0705 e. The van der Waals surface area contributed by atoms with Gasteiger partial charge in [0, 0.05) is 16.8 Å². The van der Waals surface area contributed by atoms with E-state index in [9.17, 15) is 0 Å². The molecule has 3 rings (SSSR count). The average Bonchev–Trinajstić information content (AvgIpc) is 2.93. The molecule has 2 unspecified atom stereocenters. The largest absolute Gasteiger partial charge is 0.271 e. The number of benzene rings is 1. The molecule has 2 atom stereocenters. The summed E-state index contributed by atoms with van der Waals surface area (Å²) in [6.45, 7) is 0. The highest BCUT2D eigenvalue weighted by Gasteiger charge is 2.26. The first kappa shape index (κ1) is 12.0. The third-order valence-electron chi connectivity index (χ3n) is 3.51. The van der Waals surface area contributed by atoms with Crippen LogP contribution in [0.2, 0.25) is 0 Å². The van der Waals surface area contributed by atoms with Gasteiger partial charge in [0.15, 0.2) is 0 Å². The van der Waals surface area contributed by atoms with Gasteiger partial charge in [-0.2, -0.15) is 11.8 Å². The first-order valence-electron chi connectivity index (χ1n) is 6.31. The van der Waals surface area contributed by atoms with Crippen LogP contribution >= 0.6 is 11.8 Å². The predicted molar refractivity (Wildman–Crippen MR) is 77.3 cm³/mol. The van der Waals surface area contributed by atoms with Crippen LogP contribution in [-0.4, -0.2) is 16.0 Å². The van der Waals surface area contributed by atoms with Gasteiger partial charge in [-0.25, -0.2) is 0 Å². The maximum atomic E-state index is 5.74. The summed E-state index contributed by atoms with van der Waals surface area (Å²) in [4.78, 5) is 4.41. The molecule has 0 radical (unpaired) electrons. The number of thioether (sulfide) groups is 1. The molecule has 0 aliphatic carbocycles. The Balaban J connectivity index is 1.96. The van der Waals surface area contributed by atoms with Crippen LogP contribution in [0.1, 0.15) is 24.4 Å². The molecule has 1 fully saturated rings. The number of nitrogens with two attached hydrogens (primary N) is 1. The molecule has 0 bridgehead atoms. The Labute approximate surface area is 111 Å². The molecule has 2 aromatic rings. The molecule has 0 spiro atoms. The number of aromatic nitrogens is 1. The Hall–Kier alpha value is -1.10. The van der Waals surface area contributed by atoms with Crippen LogP contribution < -0.4 is 11.3 Å². The molecule has 1 aliphatic rings. The Morgan fingerprint density at radius 1 is 1.39 bits per heavy atom. The summed E-state index contributed by atoms with van der Waals surface area (Å²) in [5.74, 6) is 6.99. The van der Waals surface area contributed by atoms with Crippen molar-refractivity contribution in [2.45, 2.75) is 24.1 Å². The topological polar surface area (TPSA) is 50.9 Å². The first-order valence-corrected chi connectivity index (χ1v) is 7.36. The number of rotatable bonds is 3. The third kappa shape index (κ3) is 2.23. The van der Waals surface area contributed by atoms with Gasteiger partial charge in [0.05, 0.1) is 11.6 Å². The molecule has 3 N–H and O–H groups in total. The maximum absolute atomic E-state index is 5.74. The third-order valence-corrected chi connectivity index (χ3v) is 4.97. The molecule has 1 aromatic heterocycles. The van der Waals surface area contributed by atoms with E-state index < -0.39 is 0 Å². The lowest BCUT2D eigenvalue weighted by atomic mass is 10.00. The Morgan fingerprint density at radius 3 is 3.11 bits per heavy atom. The minimum absolute atomic E-state index is 0.226. The summed E-state index contributed by atoms with van der Waals surface area (Å²) in [5.41, 5.74) is 5.26. The van der Waals surface area contributed by atoms with Crippen LogP contribution in [0.15, 0.2) is 36.5 Å². The van der Waals surface area contributed by atoms with Crippen molar-refractivity contribution in [2.24, 2.45) is 5.84 Å². The van der Waals surface area contributed by atoms with E-state index in [0.29, 0.717) is 5.25 Å². The van der Waals surface area contributed by atoms with Crippen LogP contribution in [0.25, 0.3) is 10.9 Å². The fourth-order valence-corrected chi connectivity index (χ4v) is 3.96. The molecule has 4 heteroatoms. The fourth-order valence-electron chi connectivity index (χ4n) is 2.56. The number of fused-ring (bicyclic) bond motifs is 1.